The largest absolute Gasteiger partial charge is 0.376 e. The number of fused-ring (bicyclic) bond motifs is 1. The summed E-state index contributed by atoms with van der Waals surface area (Å²) in [6.45, 7) is 4.18. The van der Waals surface area contributed by atoms with Gasteiger partial charge in [0.25, 0.3) is 0 Å². The number of sulfonamides is 1. The number of ether oxygens (including phenoxy) is 1. The molecule has 0 amide bonds. The monoisotopic (exact) mass is 342 g/mol. The van der Waals surface area contributed by atoms with E-state index in [1.165, 1.54) is 4.88 Å². The summed E-state index contributed by atoms with van der Waals surface area (Å²) in [4.78, 5) is 3.81. The third-order valence-corrected chi connectivity index (χ3v) is 7.76. The van der Waals surface area contributed by atoms with Crippen LogP contribution in [0.1, 0.15) is 17.7 Å². The van der Waals surface area contributed by atoms with Crippen LogP contribution in [-0.4, -0.2) is 50.9 Å². The van der Waals surface area contributed by atoms with Crippen LogP contribution in [0.3, 0.4) is 0 Å². The van der Waals surface area contributed by atoms with Crippen LogP contribution in [0, 0.1) is 11.8 Å². The van der Waals surface area contributed by atoms with Crippen molar-refractivity contribution in [2.24, 2.45) is 11.8 Å². The fourth-order valence-electron chi connectivity index (χ4n) is 3.56. The molecule has 3 fully saturated rings. The Morgan fingerprint density at radius 1 is 1.36 bits per heavy atom. The van der Waals surface area contributed by atoms with Crippen LogP contribution in [0.5, 0.6) is 0 Å². The molecule has 22 heavy (non-hydrogen) atoms. The van der Waals surface area contributed by atoms with E-state index in [0.717, 1.165) is 32.5 Å². The Kier molecular flexibility index (Phi) is 4.02. The first-order valence-electron chi connectivity index (χ1n) is 7.96. The minimum Gasteiger partial charge on any atom is -0.376 e. The minimum atomic E-state index is -3.08. The molecule has 2 saturated heterocycles. The zero-order chi connectivity index (χ0) is 15.2. The smallest absolute Gasteiger partial charge is 0.214 e. The predicted octanol–water partition coefficient (Wildman–Crippen LogP) is 1.28. The summed E-state index contributed by atoms with van der Waals surface area (Å²) in [5, 5.41) is 1.97. The van der Waals surface area contributed by atoms with Gasteiger partial charge in [0, 0.05) is 42.9 Å². The molecule has 0 spiro atoms. The van der Waals surface area contributed by atoms with E-state index in [-0.39, 0.29) is 11.4 Å². The zero-order valence-corrected chi connectivity index (χ0v) is 14.1. The van der Waals surface area contributed by atoms with Gasteiger partial charge in [-0.05, 0) is 24.3 Å². The van der Waals surface area contributed by atoms with Crippen molar-refractivity contribution in [1.29, 1.82) is 0 Å². The standard InChI is InChI=1S/C15H22N2O3S2/c18-22(19,13-3-4-13)16-6-11-10-20-15-9-17(8-14(11)15)7-12-2-1-5-21-12/h1-2,5,11,13-16H,3-4,6-10H2/t11-,14+,15+/m0/s1. The Morgan fingerprint density at radius 3 is 2.95 bits per heavy atom. The molecule has 1 aromatic rings. The van der Waals surface area contributed by atoms with Gasteiger partial charge in [-0.1, -0.05) is 6.07 Å². The molecule has 0 radical (unpaired) electrons. The second kappa shape index (κ2) is 5.87. The lowest BCUT2D eigenvalue weighted by Gasteiger charge is -2.19. The highest BCUT2D eigenvalue weighted by atomic mass is 32.2. The average molecular weight is 342 g/mol. The SMILES string of the molecule is O=S(=O)(NC[C@H]1CO[C@@H]2CN(Cc3cccs3)C[C@H]12)C1CC1. The molecule has 5 nitrogen and oxygen atoms in total. The predicted molar refractivity (Wildman–Crippen MR) is 86.3 cm³/mol. The van der Waals surface area contributed by atoms with Crippen LogP contribution in [0.2, 0.25) is 0 Å². The van der Waals surface area contributed by atoms with E-state index in [1.54, 1.807) is 11.3 Å². The summed E-state index contributed by atoms with van der Waals surface area (Å²) in [6, 6.07) is 4.25. The van der Waals surface area contributed by atoms with Gasteiger partial charge in [0.2, 0.25) is 10.0 Å². The van der Waals surface area contributed by atoms with Gasteiger partial charge >= 0.3 is 0 Å². The fourth-order valence-corrected chi connectivity index (χ4v) is 5.75. The van der Waals surface area contributed by atoms with Gasteiger partial charge in [-0.2, -0.15) is 0 Å². The summed E-state index contributed by atoms with van der Waals surface area (Å²) in [5.41, 5.74) is 0. The first-order chi connectivity index (χ1) is 10.6. The van der Waals surface area contributed by atoms with Crippen LogP contribution in [0.25, 0.3) is 0 Å². The average Bonchev–Trinajstić information content (AvgIpc) is 2.92. The Hall–Kier alpha value is -0.470. The van der Waals surface area contributed by atoms with E-state index in [4.69, 9.17) is 4.74 Å². The number of hydrogen-bond acceptors (Lipinski definition) is 5. The molecule has 1 saturated carbocycles. The fraction of sp³-hybridized carbons (Fsp3) is 0.733. The van der Waals surface area contributed by atoms with E-state index in [0.29, 0.717) is 25.0 Å². The maximum atomic E-state index is 12.0. The van der Waals surface area contributed by atoms with Crippen LogP contribution in [-0.2, 0) is 21.3 Å². The third kappa shape index (κ3) is 3.10. The number of rotatable bonds is 6. The van der Waals surface area contributed by atoms with Crippen molar-refractivity contribution in [3.05, 3.63) is 22.4 Å². The molecule has 0 aromatic carbocycles. The summed E-state index contributed by atoms with van der Waals surface area (Å²) in [7, 11) is -3.08. The van der Waals surface area contributed by atoms with Crippen LogP contribution in [0.4, 0.5) is 0 Å². The highest BCUT2D eigenvalue weighted by Gasteiger charge is 2.44. The molecule has 4 rings (SSSR count). The second-order valence-corrected chi connectivity index (χ2v) is 9.74. The number of hydrogen-bond donors (Lipinski definition) is 1. The van der Waals surface area contributed by atoms with Crippen LogP contribution >= 0.6 is 11.3 Å². The lowest BCUT2D eigenvalue weighted by Crippen LogP contribution is -2.35. The topological polar surface area (TPSA) is 58.6 Å². The molecule has 1 aromatic heterocycles. The maximum absolute atomic E-state index is 12.0. The van der Waals surface area contributed by atoms with Crippen molar-refractivity contribution in [1.82, 2.24) is 9.62 Å². The number of nitrogens with zero attached hydrogens (tertiary/aromatic N) is 1. The molecule has 122 valence electrons. The van der Waals surface area contributed by atoms with Crippen molar-refractivity contribution in [3.8, 4) is 0 Å². The number of thiophene rings is 1. The van der Waals surface area contributed by atoms with Gasteiger partial charge in [0.1, 0.15) is 0 Å². The van der Waals surface area contributed by atoms with Crippen LogP contribution in [0.15, 0.2) is 17.5 Å². The van der Waals surface area contributed by atoms with Gasteiger partial charge in [-0.15, -0.1) is 11.3 Å². The molecule has 0 bridgehead atoms. The van der Waals surface area contributed by atoms with E-state index in [1.807, 2.05) is 0 Å². The summed E-state index contributed by atoms with van der Waals surface area (Å²) >= 11 is 1.79. The van der Waals surface area contributed by atoms with Crippen molar-refractivity contribution >= 4 is 21.4 Å². The highest BCUT2D eigenvalue weighted by Crippen LogP contribution is 2.35. The van der Waals surface area contributed by atoms with E-state index >= 15 is 0 Å². The van der Waals surface area contributed by atoms with Crippen LogP contribution < -0.4 is 4.72 Å². The lowest BCUT2D eigenvalue weighted by molar-refractivity contribution is 0.0944. The molecular weight excluding hydrogens is 320 g/mol. The first-order valence-corrected chi connectivity index (χ1v) is 10.4. The maximum Gasteiger partial charge on any atom is 0.214 e. The summed E-state index contributed by atoms with van der Waals surface area (Å²) in [5.74, 6) is 0.772. The van der Waals surface area contributed by atoms with Gasteiger partial charge in [-0.25, -0.2) is 13.1 Å². The Labute approximate surface area is 135 Å². The van der Waals surface area contributed by atoms with E-state index in [9.17, 15) is 8.42 Å². The van der Waals surface area contributed by atoms with Gasteiger partial charge in [-0.3, -0.25) is 4.90 Å². The van der Waals surface area contributed by atoms with Crippen molar-refractivity contribution < 1.29 is 13.2 Å². The van der Waals surface area contributed by atoms with Crippen molar-refractivity contribution in [2.45, 2.75) is 30.7 Å². The van der Waals surface area contributed by atoms with Gasteiger partial charge in [0.15, 0.2) is 0 Å². The first kappa shape index (κ1) is 15.1. The summed E-state index contributed by atoms with van der Waals surface area (Å²) in [6.07, 6.45) is 1.91. The van der Waals surface area contributed by atoms with Gasteiger partial charge < -0.3 is 4.74 Å². The number of likely N-dealkylation sites (tertiary alicyclic amines) is 1. The van der Waals surface area contributed by atoms with Gasteiger partial charge in [0.05, 0.1) is 18.0 Å². The molecule has 3 atom stereocenters. The Balaban J connectivity index is 1.32. The molecule has 3 heterocycles. The van der Waals surface area contributed by atoms with Crippen molar-refractivity contribution in [2.75, 3.05) is 26.2 Å². The molecule has 1 aliphatic carbocycles. The molecule has 2 aliphatic heterocycles. The quantitative estimate of drug-likeness (QED) is 0.846. The van der Waals surface area contributed by atoms with Crippen molar-refractivity contribution in [3.63, 3.8) is 0 Å². The molecule has 7 heteroatoms. The second-order valence-electron chi connectivity index (χ2n) is 6.66. The highest BCUT2D eigenvalue weighted by molar-refractivity contribution is 7.90. The normalized spacial score (nSPS) is 32.5. The number of nitrogens with one attached hydrogen (secondary N) is 1. The van der Waals surface area contributed by atoms with E-state index in [2.05, 4.69) is 27.1 Å². The molecule has 3 aliphatic rings. The molecule has 0 unspecified atom stereocenters. The lowest BCUT2D eigenvalue weighted by atomic mass is 9.93. The summed E-state index contributed by atoms with van der Waals surface area (Å²) < 4.78 is 32.6. The Bertz CT molecular complexity index is 613. The zero-order valence-electron chi connectivity index (χ0n) is 12.5. The third-order valence-electron chi connectivity index (χ3n) is 4.98. The Morgan fingerprint density at radius 2 is 2.23 bits per heavy atom. The minimum absolute atomic E-state index is 0.135. The van der Waals surface area contributed by atoms with E-state index < -0.39 is 10.0 Å². The molecular formula is C15H22N2O3S2. The molecule has 1 N–H and O–H groups in total.